The van der Waals surface area contributed by atoms with Gasteiger partial charge in [-0.2, -0.15) is 0 Å². The van der Waals surface area contributed by atoms with E-state index in [0.717, 1.165) is 19.6 Å². The minimum atomic E-state index is -0.897. The quantitative estimate of drug-likeness (QED) is 0.698. The number of hydrogen-bond donors (Lipinski definition) is 1. The summed E-state index contributed by atoms with van der Waals surface area (Å²) in [6.07, 6.45) is 0. The molecular formula is C11H20N2O2. The number of nitrogens with zero attached hydrogens (tertiary/aromatic N) is 2. The minimum absolute atomic E-state index is 0.108. The standard InChI is InChI=1S/C11H20N2O2/c1-9(10(14)15)7-13-6-5-12(4)11(2,3)8-13/h1,5-8H2,2-4H3,(H,14,15). The van der Waals surface area contributed by atoms with Crippen LogP contribution < -0.4 is 0 Å². The molecule has 0 aromatic carbocycles. The summed E-state index contributed by atoms with van der Waals surface area (Å²) < 4.78 is 0. The summed E-state index contributed by atoms with van der Waals surface area (Å²) in [5.41, 5.74) is 0.382. The predicted molar refractivity (Wildman–Crippen MR) is 59.9 cm³/mol. The molecule has 86 valence electrons. The molecule has 1 N–H and O–H groups in total. The summed E-state index contributed by atoms with van der Waals surface area (Å²) >= 11 is 0. The number of aliphatic carboxylic acids is 1. The first-order valence-corrected chi connectivity index (χ1v) is 5.17. The molecule has 0 amide bonds. The molecule has 0 aliphatic carbocycles. The van der Waals surface area contributed by atoms with Gasteiger partial charge in [0.1, 0.15) is 0 Å². The number of piperazine rings is 1. The third-order valence-electron chi connectivity index (χ3n) is 3.11. The van der Waals surface area contributed by atoms with Gasteiger partial charge in [-0.15, -0.1) is 0 Å². The van der Waals surface area contributed by atoms with Gasteiger partial charge in [0, 0.05) is 37.3 Å². The van der Waals surface area contributed by atoms with Gasteiger partial charge >= 0.3 is 5.97 Å². The van der Waals surface area contributed by atoms with Crippen LogP contribution in [0.3, 0.4) is 0 Å². The molecule has 0 spiro atoms. The fraction of sp³-hybridized carbons (Fsp3) is 0.727. The lowest BCUT2D eigenvalue weighted by atomic mass is 9.99. The average Bonchev–Trinajstić information content (AvgIpc) is 2.10. The zero-order chi connectivity index (χ0) is 11.6. The molecular weight excluding hydrogens is 192 g/mol. The zero-order valence-corrected chi connectivity index (χ0v) is 9.79. The fourth-order valence-corrected chi connectivity index (χ4v) is 1.81. The zero-order valence-electron chi connectivity index (χ0n) is 9.79. The van der Waals surface area contributed by atoms with E-state index in [9.17, 15) is 4.79 Å². The number of carboxylic acids is 1. The van der Waals surface area contributed by atoms with Crippen molar-refractivity contribution >= 4 is 5.97 Å². The van der Waals surface area contributed by atoms with Crippen LogP contribution in [0.2, 0.25) is 0 Å². The van der Waals surface area contributed by atoms with Crippen molar-refractivity contribution in [2.75, 3.05) is 33.2 Å². The highest BCUT2D eigenvalue weighted by molar-refractivity contribution is 5.86. The van der Waals surface area contributed by atoms with Crippen molar-refractivity contribution in [1.82, 2.24) is 9.80 Å². The van der Waals surface area contributed by atoms with E-state index >= 15 is 0 Å². The summed E-state index contributed by atoms with van der Waals surface area (Å²) in [6, 6.07) is 0. The SMILES string of the molecule is C=C(CN1CCN(C)C(C)(C)C1)C(=O)O. The summed E-state index contributed by atoms with van der Waals surface area (Å²) in [7, 11) is 2.10. The minimum Gasteiger partial charge on any atom is -0.478 e. The van der Waals surface area contributed by atoms with Gasteiger partial charge in [0.05, 0.1) is 0 Å². The van der Waals surface area contributed by atoms with Crippen molar-refractivity contribution in [2.45, 2.75) is 19.4 Å². The maximum absolute atomic E-state index is 10.7. The summed E-state index contributed by atoms with van der Waals surface area (Å²) in [5, 5.41) is 8.76. The lowest BCUT2D eigenvalue weighted by Crippen LogP contribution is -2.57. The normalized spacial score (nSPS) is 22.6. The number of likely N-dealkylation sites (N-methyl/N-ethyl adjacent to an activating group) is 1. The maximum atomic E-state index is 10.7. The van der Waals surface area contributed by atoms with E-state index in [-0.39, 0.29) is 11.1 Å². The Hall–Kier alpha value is -0.870. The summed E-state index contributed by atoms with van der Waals surface area (Å²) in [5.74, 6) is -0.897. The molecule has 1 fully saturated rings. The van der Waals surface area contributed by atoms with Gasteiger partial charge in [-0.05, 0) is 20.9 Å². The Morgan fingerprint density at radius 3 is 2.53 bits per heavy atom. The Kier molecular flexibility index (Phi) is 3.52. The van der Waals surface area contributed by atoms with E-state index in [4.69, 9.17) is 5.11 Å². The Morgan fingerprint density at radius 2 is 2.07 bits per heavy atom. The molecule has 0 radical (unpaired) electrons. The first-order valence-electron chi connectivity index (χ1n) is 5.17. The number of hydrogen-bond acceptors (Lipinski definition) is 3. The molecule has 1 rings (SSSR count). The van der Waals surface area contributed by atoms with Crippen LogP contribution in [0.15, 0.2) is 12.2 Å². The van der Waals surface area contributed by atoms with Crippen LogP contribution in [0, 0.1) is 0 Å². The van der Waals surface area contributed by atoms with Crippen LogP contribution in [0.25, 0.3) is 0 Å². The highest BCUT2D eigenvalue weighted by atomic mass is 16.4. The monoisotopic (exact) mass is 212 g/mol. The molecule has 1 heterocycles. The summed E-state index contributed by atoms with van der Waals surface area (Å²) in [4.78, 5) is 15.1. The Labute approximate surface area is 91.2 Å². The number of carbonyl (C=O) groups is 1. The van der Waals surface area contributed by atoms with Crippen LogP contribution in [-0.4, -0.2) is 59.6 Å². The molecule has 1 aliphatic rings. The third-order valence-corrected chi connectivity index (χ3v) is 3.11. The molecule has 15 heavy (non-hydrogen) atoms. The molecule has 0 aromatic heterocycles. The highest BCUT2D eigenvalue weighted by Crippen LogP contribution is 2.19. The molecule has 0 saturated carbocycles. The predicted octanol–water partition coefficient (Wildman–Crippen LogP) is 0.653. The highest BCUT2D eigenvalue weighted by Gasteiger charge is 2.31. The molecule has 0 aromatic rings. The van der Waals surface area contributed by atoms with Gasteiger partial charge in [0.15, 0.2) is 0 Å². The van der Waals surface area contributed by atoms with Crippen molar-refractivity contribution in [3.05, 3.63) is 12.2 Å². The second-order valence-electron chi connectivity index (χ2n) is 4.85. The van der Waals surface area contributed by atoms with E-state index in [1.807, 2.05) is 0 Å². The van der Waals surface area contributed by atoms with Crippen LogP contribution in [0.5, 0.6) is 0 Å². The van der Waals surface area contributed by atoms with Crippen LogP contribution >= 0.6 is 0 Å². The van der Waals surface area contributed by atoms with Gasteiger partial charge < -0.3 is 5.11 Å². The van der Waals surface area contributed by atoms with Crippen molar-refractivity contribution < 1.29 is 9.90 Å². The first kappa shape index (κ1) is 12.2. The lowest BCUT2D eigenvalue weighted by Gasteiger charge is -2.45. The van der Waals surface area contributed by atoms with E-state index in [1.54, 1.807) is 0 Å². The number of rotatable bonds is 3. The van der Waals surface area contributed by atoms with E-state index in [0.29, 0.717) is 6.54 Å². The van der Waals surface area contributed by atoms with Gasteiger partial charge in [-0.3, -0.25) is 9.80 Å². The van der Waals surface area contributed by atoms with Gasteiger partial charge in [0.2, 0.25) is 0 Å². The van der Waals surface area contributed by atoms with Gasteiger partial charge in [-0.25, -0.2) is 4.79 Å². The largest absolute Gasteiger partial charge is 0.478 e. The van der Waals surface area contributed by atoms with Crippen molar-refractivity contribution in [3.8, 4) is 0 Å². The Bertz CT molecular complexity index is 274. The van der Waals surface area contributed by atoms with Crippen molar-refractivity contribution in [1.29, 1.82) is 0 Å². The maximum Gasteiger partial charge on any atom is 0.332 e. The van der Waals surface area contributed by atoms with Crippen molar-refractivity contribution in [2.24, 2.45) is 0 Å². The van der Waals surface area contributed by atoms with Crippen LogP contribution in [-0.2, 0) is 4.79 Å². The molecule has 4 heteroatoms. The van der Waals surface area contributed by atoms with Crippen LogP contribution in [0.4, 0.5) is 0 Å². The lowest BCUT2D eigenvalue weighted by molar-refractivity contribution is -0.133. The van der Waals surface area contributed by atoms with Crippen LogP contribution in [0.1, 0.15) is 13.8 Å². The van der Waals surface area contributed by atoms with E-state index < -0.39 is 5.97 Å². The second kappa shape index (κ2) is 4.33. The van der Waals surface area contributed by atoms with E-state index in [2.05, 4.69) is 37.3 Å². The van der Waals surface area contributed by atoms with Gasteiger partial charge in [-0.1, -0.05) is 6.58 Å². The first-order chi connectivity index (χ1) is 6.83. The molecule has 1 saturated heterocycles. The molecule has 1 aliphatic heterocycles. The molecule has 4 nitrogen and oxygen atoms in total. The summed E-state index contributed by atoms with van der Waals surface area (Å²) in [6.45, 7) is 11.1. The second-order valence-corrected chi connectivity index (χ2v) is 4.85. The molecule has 0 bridgehead atoms. The smallest absolute Gasteiger partial charge is 0.332 e. The van der Waals surface area contributed by atoms with E-state index in [1.165, 1.54) is 0 Å². The molecule has 0 atom stereocenters. The topological polar surface area (TPSA) is 43.8 Å². The Morgan fingerprint density at radius 1 is 1.47 bits per heavy atom. The third kappa shape index (κ3) is 3.04. The molecule has 0 unspecified atom stereocenters. The number of carboxylic acid groups (broad SMARTS) is 1. The van der Waals surface area contributed by atoms with Gasteiger partial charge in [0.25, 0.3) is 0 Å². The van der Waals surface area contributed by atoms with Crippen molar-refractivity contribution in [3.63, 3.8) is 0 Å². The average molecular weight is 212 g/mol. The fourth-order valence-electron chi connectivity index (χ4n) is 1.81. The Balaban J connectivity index is 2.53.